The highest BCUT2D eigenvalue weighted by Gasteiger charge is 2.29. The molecule has 0 saturated heterocycles. The van der Waals surface area contributed by atoms with Crippen molar-refractivity contribution < 1.29 is 19.1 Å². The molecule has 0 aliphatic heterocycles. The molecule has 1 aliphatic carbocycles. The van der Waals surface area contributed by atoms with Crippen LogP contribution in [0.5, 0.6) is 0 Å². The summed E-state index contributed by atoms with van der Waals surface area (Å²) in [5.74, 6) is -0.987. The number of ether oxygens (including phenoxy) is 1. The third-order valence-corrected chi connectivity index (χ3v) is 3.35. The number of fused-ring (bicyclic) bond motifs is 2. The fourth-order valence-electron chi connectivity index (χ4n) is 2.34. The highest BCUT2D eigenvalue weighted by atomic mass is 16.5. The molecule has 3 rings (SSSR count). The lowest BCUT2D eigenvalue weighted by Gasteiger charge is -2.17. The molecule has 2 aromatic carbocycles. The molecule has 0 saturated carbocycles. The zero-order valence-electron chi connectivity index (χ0n) is 10.7. The smallest absolute Gasteiger partial charge is 0.337 e. The summed E-state index contributed by atoms with van der Waals surface area (Å²) in [5, 5.41) is 0. The number of hydrogen-bond acceptors (Lipinski definition) is 4. The molecule has 4 nitrogen and oxygen atoms in total. The molecular formula is C16H10O4. The number of carbonyl (C=O) groups is 3. The van der Waals surface area contributed by atoms with E-state index in [4.69, 9.17) is 0 Å². The normalized spacial score (nSPS) is 12.7. The number of hydrogen-bond donors (Lipinski definition) is 0. The Balaban J connectivity index is 2.21. The Bertz CT molecular complexity index is 759. The van der Waals surface area contributed by atoms with Gasteiger partial charge < -0.3 is 4.74 Å². The van der Waals surface area contributed by atoms with E-state index in [0.717, 1.165) is 0 Å². The van der Waals surface area contributed by atoms with E-state index < -0.39 is 5.97 Å². The molecule has 0 spiro atoms. The molecule has 0 radical (unpaired) electrons. The van der Waals surface area contributed by atoms with Gasteiger partial charge in [-0.2, -0.15) is 0 Å². The minimum atomic E-state index is -0.535. The van der Waals surface area contributed by atoms with Crippen molar-refractivity contribution in [3.63, 3.8) is 0 Å². The molecule has 0 atom stereocenters. The molecular weight excluding hydrogens is 256 g/mol. The first-order chi connectivity index (χ1) is 9.63. The average molecular weight is 266 g/mol. The van der Waals surface area contributed by atoms with Gasteiger partial charge in [-0.3, -0.25) is 9.59 Å². The first-order valence-electron chi connectivity index (χ1n) is 6.04. The summed E-state index contributed by atoms with van der Waals surface area (Å²) < 4.78 is 4.62. The minimum Gasteiger partial charge on any atom is -0.465 e. The van der Waals surface area contributed by atoms with E-state index in [1.165, 1.54) is 25.3 Å². The number of esters is 1. The van der Waals surface area contributed by atoms with Crippen LogP contribution in [-0.4, -0.2) is 24.6 Å². The van der Waals surface area contributed by atoms with Gasteiger partial charge in [0.05, 0.1) is 12.7 Å². The Morgan fingerprint density at radius 1 is 0.850 bits per heavy atom. The molecule has 2 aromatic rings. The average Bonchev–Trinajstić information content (AvgIpc) is 2.51. The van der Waals surface area contributed by atoms with Gasteiger partial charge in [0, 0.05) is 22.3 Å². The molecule has 1 aliphatic rings. The Hall–Kier alpha value is -2.75. The predicted octanol–water partition coefficient (Wildman–Crippen LogP) is 2.25. The van der Waals surface area contributed by atoms with Crippen molar-refractivity contribution in [3.8, 4) is 0 Å². The van der Waals surface area contributed by atoms with Crippen molar-refractivity contribution in [3.05, 3.63) is 70.3 Å². The van der Waals surface area contributed by atoms with Crippen LogP contribution in [0, 0.1) is 0 Å². The second-order valence-corrected chi connectivity index (χ2v) is 4.46. The largest absolute Gasteiger partial charge is 0.465 e. The van der Waals surface area contributed by atoms with Crippen molar-refractivity contribution in [2.45, 2.75) is 0 Å². The zero-order chi connectivity index (χ0) is 14.3. The fourth-order valence-corrected chi connectivity index (χ4v) is 2.34. The van der Waals surface area contributed by atoms with Crippen molar-refractivity contribution >= 4 is 17.5 Å². The maximum Gasteiger partial charge on any atom is 0.337 e. The van der Waals surface area contributed by atoms with Crippen molar-refractivity contribution in [1.82, 2.24) is 0 Å². The topological polar surface area (TPSA) is 60.4 Å². The van der Waals surface area contributed by atoms with Crippen LogP contribution in [0.1, 0.15) is 42.2 Å². The van der Waals surface area contributed by atoms with Gasteiger partial charge in [-0.15, -0.1) is 0 Å². The predicted molar refractivity (Wildman–Crippen MR) is 71.1 cm³/mol. The summed E-state index contributed by atoms with van der Waals surface area (Å²) in [4.78, 5) is 36.3. The molecule has 0 aromatic heterocycles. The van der Waals surface area contributed by atoms with Crippen molar-refractivity contribution in [2.24, 2.45) is 0 Å². The second kappa shape index (κ2) is 4.42. The fraction of sp³-hybridized carbons (Fsp3) is 0.0625. The Morgan fingerprint density at radius 2 is 1.40 bits per heavy atom. The molecule has 4 heteroatoms. The second-order valence-electron chi connectivity index (χ2n) is 4.46. The van der Waals surface area contributed by atoms with Crippen molar-refractivity contribution in [2.75, 3.05) is 7.11 Å². The maximum absolute atomic E-state index is 12.4. The van der Waals surface area contributed by atoms with E-state index in [-0.39, 0.29) is 22.7 Å². The number of carbonyl (C=O) groups excluding carboxylic acids is 3. The first kappa shape index (κ1) is 12.3. The van der Waals surface area contributed by atoms with E-state index in [0.29, 0.717) is 16.7 Å². The van der Waals surface area contributed by atoms with E-state index >= 15 is 0 Å². The Kier molecular flexibility index (Phi) is 2.71. The molecule has 98 valence electrons. The standard InChI is InChI=1S/C16H10O4/c1-20-16(19)9-6-7-12-13(8-9)15(18)11-5-3-2-4-10(11)14(12)17/h2-8H,1H3. The molecule has 20 heavy (non-hydrogen) atoms. The summed E-state index contributed by atoms with van der Waals surface area (Å²) in [5.41, 5.74) is 1.59. The third-order valence-electron chi connectivity index (χ3n) is 3.35. The van der Waals surface area contributed by atoms with E-state index in [1.807, 2.05) is 0 Å². The summed E-state index contributed by atoms with van der Waals surface area (Å²) in [6.45, 7) is 0. The van der Waals surface area contributed by atoms with Crippen molar-refractivity contribution in [1.29, 1.82) is 0 Å². The van der Waals surface area contributed by atoms with Gasteiger partial charge in [-0.1, -0.05) is 24.3 Å². The van der Waals surface area contributed by atoms with Gasteiger partial charge in [-0.25, -0.2) is 4.79 Å². The van der Waals surface area contributed by atoms with Gasteiger partial charge in [-0.05, 0) is 18.2 Å². The summed E-state index contributed by atoms with van der Waals surface area (Å²) in [6.07, 6.45) is 0. The summed E-state index contributed by atoms with van der Waals surface area (Å²) in [7, 11) is 1.27. The van der Waals surface area contributed by atoms with Crippen LogP contribution in [-0.2, 0) is 4.74 Å². The van der Waals surface area contributed by atoms with E-state index in [2.05, 4.69) is 4.74 Å². The molecule has 0 N–H and O–H groups in total. The quantitative estimate of drug-likeness (QED) is 0.634. The van der Waals surface area contributed by atoms with Gasteiger partial charge in [0.1, 0.15) is 0 Å². The van der Waals surface area contributed by atoms with Gasteiger partial charge >= 0.3 is 5.97 Å². The number of ketones is 2. The monoisotopic (exact) mass is 266 g/mol. The van der Waals surface area contributed by atoms with Gasteiger partial charge in [0.15, 0.2) is 11.6 Å². The highest BCUT2D eigenvalue weighted by Crippen LogP contribution is 2.27. The molecule has 0 bridgehead atoms. The summed E-state index contributed by atoms with van der Waals surface area (Å²) in [6, 6.07) is 11.1. The van der Waals surface area contributed by atoms with Crippen LogP contribution in [0.2, 0.25) is 0 Å². The van der Waals surface area contributed by atoms with Gasteiger partial charge in [0.25, 0.3) is 0 Å². The molecule has 0 fully saturated rings. The van der Waals surface area contributed by atoms with Crippen LogP contribution in [0.15, 0.2) is 42.5 Å². The maximum atomic E-state index is 12.4. The lowest BCUT2D eigenvalue weighted by molar-refractivity contribution is 0.0600. The number of methoxy groups -OCH3 is 1. The lowest BCUT2D eigenvalue weighted by atomic mass is 9.83. The molecule has 0 heterocycles. The SMILES string of the molecule is COC(=O)c1ccc2c(c1)C(=O)c1ccccc1C2=O. The third kappa shape index (κ3) is 1.66. The minimum absolute atomic E-state index is 0.202. The van der Waals surface area contributed by atoms with Gasteiger partial charge in [0.2, 0.25) is 0 Å². The van der Waals surface area contributed by atoms with Crippen LogP contribution in [0.25, 0.3) is 0 Å². The Labute approximate surface area is 115 Å². The zero-order valence-corrected chi connectivity index (χ0v) is 10.7. The van der Waals surface area contributed by atoms with Crippen LogP contribution in [0.4, 0.5) is 0 Å². The number of benzene rings is 2. The highest BCUT2D eigenvalue weighted by molar-refractivity contribution is 6.28. The Morgan fingerprint density at radius 3 is 2.00 bits per heavy atom. The van der Waals surface area contributed by atoms with Crippen LogP contribution < -0.4 is 0 Å². The number of rotatable bonds is 1. The van der Waals surface area contributed by atoms with Crippen LogP contribution in [0.3, 0.4) is 0 Å². The first-order valence-corrected chi connectivity index (χ1v) is 6.04. The lowest BCUT2D eigenvalue weighted by Crippen LogP contribution is -2.21. The molecule has 0 unspecified atom stereocenters. The van der Waals surface area contributed by atoms with Crippen LogP contribution >= 0.6 is 0 Å². The summed E-state index contributed by atoms with van der Waals surface area (Å²) >= 11 is 0. The van der Waals surface area contributed by atoms with E-state index in [1.54, 1.807) is 24.3 Å². The van der Waals surface area contributed by atoms with E-state index in [9.17, 15) is 14.4 Å². The molecule has 0 amide bonds.